The van der Waals surface area contributed by atoms with Gasteiger partial charge in [0.25, 0.3) is 0 Å². The van der Waals surface area contributed by atoms with Crippen molar-refractivity contribution in [2.75, 3.05) is 23.9 Å². The number of nitrogens with zero attached hydrogens (tertiary/aromatic N) is 2. The Kier molecular flexibility index (Phi) is 5.50. The van der Waals surface area contributed by atoms with Crippen LogP contribution < -0.4 is 20.3 Å². The maximum Gasteiger partial charge on any atom is 0.320 e. The zero-order chi connectivity index (χ0) is 21.9. The van der Waals surface area contributed by atoms with E-state index in [4.69, 9.17) is 9.73 Å². The summed E-state index contributed by atoms with van der Waals surface area (Å²) in [5.74, 6) is 0.694. The van der Waals surface area contributed by atoms with Gasteiger partial charge in [-0.25, -0.2) is 4.79 Å². The maximum absolute atomic E-state index is 12.9. The number of rotatable bonds is 4. The smallest absolute Gasteiger partial charge is 0.320 e. The Morgan fingerprint density at radius 3 is 2.69 bits per heavy atom. The monoisotopic (exact) mass is 426 g/mol. The van der Waals surface area contributed by atoms with Crippen LogP contribution in [0.1, 0.15) is 24.0 Å². The van der Waals surface area contributed by atoms with Crippen LogP contribution in [0.25, 0.3) is 0 Å². The van der Waals surface area contributed by atoms with E-state index < -0.39 is 0 Å². The predicted octanol–water partition coefficient (Wildman–Crippen LogP) is 4.66. The molecule has 1 fully saturated rings. The Balaban J connectivity index is 1.49. The Hall–Kier alpha value is -3.80. The van der Waals surface area contributed by atoms with Crippen molar-refractivity contribution >= 4 is 23.1 Å². The fraction of sp³-hybridized carbons (Fsp3) is 0.231. The zero-order valence-corrected chi connectivity index (χ0v) is 18.0. The van der Waals surface area contributed by atoms with Crippen molar-refractivity contribution in [1.82, 2.24) is 5.32 Å². The summed E-state index contributed by atoms with van der Waals surface area (Å²) in [4.78, 5) is 20.5. The van der Waals surface area contributed by atoms with Crippen molar-refractivity contribution in [3.8, 4) is 5.75 Å². The Labute approximate surface area is 187 Å². The summed E-state index contributed by atoms with van der Waals surface area (Å²) in [5, 5.41) is 6.05. The largest absolute Gasteiger partial charge is 0.497 e. The molecule has 0 aromatic heterocycles. The van der Waals surface area contributed by atoms with Gasteiger partial charge in [0.1, 0.15) is 11.9 Å². The molecule has 2 N–H and O–H groups in total. The molecule has 6 heteroatoms. The molecule has 0 aliphatic carbocycles. The highest BCUT2D eigenvalue weighted by molar-refractivity contribution is 6.16. The fourth-order valence-electron chi connectivity index (χ4n) is 4.60. The van der Waals surface area contributed by atoms with Gasteiger partial charge in [-0.1, -0.05) is 54.6 Å². The number of anilines is 2. The molecule has 2 atom stereocenters. The summed E-state index contributed by atoms with van der Waals surface area (Å²) in [5.41, 5.74) is 4.90. The van der Waals surface area contributed by atoms with Crippen LogP contribution in [0, 0.1) is 0 Å². The minimum absolute atomic E-state index is 0.105. The Morgan fingerprint density at radius 2 is 1.84 bits per heavy atom. The lowest BCUT2D eigenvalue weighted by molar-refractivity contribution is 0.247. The number of para-hydroxylation sites is 1. The molecule has 162 valence electrons. The molecule has 1 unspecified atom stereocenters. The Morgan fingerprint density at radius 1 is 1.03 bits per heavy atom. The van der Waals surface area contributed by atoms with Crippen LogP contribution in [0.5, 0.6) is 5.75 Å². The molecular weight excluding hydrogens is 400 g/mol. The maximum atomic E-state index is 12.9. The van der Waals surface area contributed by atoms with E-state index in [-0.39, 0.29) is 18.2 Å². The summed E-state index contributed by atoms with van der Waals surface area (Å²) < 4.78 is 5.26. The van der Waals surface area contributed by atoms with Gasteiger partial charge in [-0.3, -0.25) is 4.99 Å². The van der Waals surface area contributed by atoms with Crippen LogP contribution in [0.2, 0.25) is 0 Å². The lowest BCUT2D eigenvalue weighted by Crippen LogP contribution is -2.49. The van der Waals surface area contributed by atoms with Crippen molar-refractivity contribution in [3.63, 3.8) is 0 Å². The van der Waals surface area contributed by atoms with E-state index in [2.05, 4.69) is 45.9 Å². The number of hydrogen-bond acceptors (Lipinski definition) is 4. The SMILES string of the molecule is COc1cccc(NC(=O)N[C@@H]2N=C(c3ccccc3)c3ccccc3N3CCCC23)c1. The van der Waals surface area contributed by atoms with Gasteiger partial charge in [-0.2, -0.15) is 0 Å². The van der Waals surface area contributed by atoms with Crippen LogP contribution in [-0.2, 0) is 0 Å². The number of carbonyl (C=O) groups is 1. The molecular formula is C26H26N4O2. The number of aliphatic imine (C=N–C) groups is 1. The van der Waals surface area contributed by atoms with Crippen molar-refractivity contribution in [2.45, 2.75) is 25.0 Å². The molecule has 2 aliphatic heterocycles. The van der Waals surface area contributed by atoms with Gasteiger partial charge in [0.2, 0.25) is 0 Å². The van der Waals surface area contributed by atoms with Crippen LogP contribution >= 0.6 is 0 Å². The van der Waals surface area contributed by atoms with Crippen molar-refractivity contribution < 1.29 is 9.53 Å². The minimum atomic E-state index is -0.370. The summed E-state index contributed by atoms with van der Waals surface area (Å²) in [6.45, 7) is 0.953. The van der Waals surface area contributed by atoms with E-state index in [1.54, 1.807) is 13.2 Å². The van der Waals surface area contributed by atoms with Crippen molar-refractivity contribution in [2.24, 2.45) is 4.99 Å². The van der Waals surface area contributed by atoms with Gasteiger partial charge >= 0.3 is 6.03 Å². The summed E-state index contributed by atoms with van der Waals surface area (Å²) in [6.07, 6.45) is 1.68. The molecule has 0 bridgehead atoms. The van der Waals surface area contributed by atoms with Gasteiger partial charge in [0.15, 0.2) is 0 Å². The first-order valence-corrected chi connectivity index (χ1v) is 10.9. The quantitative estimate of drug-likeness (QED) is 0.638. The first-order valence-electron chi connectivity index (χ1n) is 10.9. The second-order valence-corrected chi connectivity index (χ2v) is 8.04. The van der Waals surface area contributed by atoms with E-state index in [0.29, 0.717) is 11.4 Å². The Bertz CT molecular complexity index is 1150. The highest BCUT2D eigenvalue weighted by atomic mass is 16.5. The number of hydrogen-bond donors (Lipinski definition) is 2. The topological polar surface area (TPSA) is 66.0 Å². The molecule has 1 saturated heterocycles. The van der Waals surface area contributed by atoms with Gasteiger partial charge in [0.05, 0.1) is 18.9 Å². The lowest BCUT2D eigenvalue weighted by atomic mass is 10.0. The molecule has 3 aromatic carbocycles. The number of urea groups is 1. The second-order valence-electron chi connectivity index (χ2n) is 8.04. The molecule has 5 rings (SSSR count). The second kappa shape index (κ2) is 8.75. The molecule has 0 spiro atoms. The number of fused-ring (bicyclic) bond motifs is 3. The van der Waals surface area contributed by atoms with E-state index in [1.165, 1.54) is 5.69 Å². The summed E-state index contributed by atoms with van der Waals surface area (Å²) >= 11 is 0. The van der Waals surface area contributed by atoms with Gasteiger partial charge in [-0.15, -0.1) is 0 Å². The number of carbonyl (C=O) groups excluding carboxylic acids is 1. The van der Waals surface area contributed by atoms with Gasteiger partial charge < -0.3 is 20.3 Å². The zero-order valence-electron chi connectivity index (χ0n) is 18.0. The number of benzene rings is 3. The molecule has 0 radical (unpaired) electrons. The average Bonchev–Trinajstić information content (AvgIpc) is 3.28. The highest BCUT2D eigenvalue weighted by Crippen LogP contribution is 2.35. The van der Waals surface area contributed by atoms with E-state index in [1.807, 2.05) is 42.5 Å². The first kappa shape index (κ1) is 20.1. The summed E-state index contributed by atoms with van der Waals surface area (Å²) in [6, 6.07) is 25.7. The first-order chi connectivity index (χ1) is 15.7. The predicted molar refractivity (Wildman–Crippen MR) is 128 cm³/mol. The number of methoxy groups -OCH3 is 1. The molecule has 0 saturated carbocycles. The van der Waals surface area contributed by atoms with Gasteiger partial charge in [0, 0.05) is 35.1 Å². The van der Waals surface area contributed by atoms with E-state index in [0.717, 1.165) is 36.2 Å². The molecule has 2 aliphatic rings. The summed E-state index contributed by atoms with van der Waals surface area (Å²) in [7, 11) is 1.61. The molecule has 2 amide bonds. The minimum Gasteiger partial charge on any atom is -0.497 e. The lowest BCUT2D eigenvalue weighted by Gasteiger charge is -2.30. The highest BCUT2D eigenvalue weighted by Gasteiger charge is 2.37. The van der Waals surface area contributed by atoms with Crippen LogP contribution in [-0.4, -0.2) is 37.6 Å². The normalized spacial score (nSPS) is 19.3. The fourth-order valence-corrected chi connectivity index (χ4v) is 4.60. The van der Waals surface area contributed by atoms with Crippen molar-refractivity contribution in [3.05, 3.63) is 90.0 Å². The van der Waals surface area contributed by atoms with Crippen LogP contribution in [0.15, 0.2) is 83.9 Å². The molecule has 3 aromatic rings. The third-order valence-electron chi connectivity index (χ3n) is 6.05. The van der Waals surface area contributed by atoms with E-state index >= 15 is 0 Å². The third kappa shape index (κ3) is 3.91. The van der Waals surface area contributed by atoms with Crippen LogP contribution in [0.4, 0.5) is 16.2 Å². The van der Waals surface area contributed by atoms with E-state index in [9.17, 15) is 4.79 Å². The molecule has 2 heterocycles. The average molecular weight is 427 g/mol. The molecule has 6 nitrogen and oxygen atoms in total. The number of ether oxygens (including phenoxy) is 1. The van der Waals surface area contributed by atoms with Crippen LogP contribution in [0.3, 0.4) is 0 Å². The third-order valence-corrected chi connectivity index (χ3v) is 6.05. The van der Waals surface area contributed by atoms with Gasteiger partial charge in [-0.05, 0) is 31.0 Å². The van der Waals surface area contributed by atoms with Crippen molar-refractivity contribution in [1.29, 1.82) is 0 Å². The molecule has 32 heavy (non-hydrogen) atoms. The standard InChI is InChI=1S/C26H26N4O2/c1-32-20-12-7-11-19(17-20)27-26(31)29-25-23-15-8-16-30(23)22-14-6-5-13-21(22)24(28-25)18-9-3-2-4-10-18/h2-7,9-14,17,23,25H,8,15-16H2,1H3,(H2,27,29,31)/t23?,25-/m0/s1. The number of amides is 2. The number of nitrogens with one attached hydrogen (secondary N) is 2.